The van der Waals surface area contributed by atoms with Crippen molar-refractivity contribution in [2.45, 2.75) is 12.7 Å². The van der Waals surface area contributed by atoms with Crippen LogP contribution in [0.15, 0.2) is 36.8 Å². The molecule has 0 fully saturated rings. The van der Waals surface area contributed by atoms with Gasteiger partial charge in [0, 0.05) is 25.1 Å². The fraction of sp³-hybridized carbons (Fsp3) is 0.167. The Balaban J connectivity index is 2.10. The fourth-order valence-electron chi connectivity index (χ4n) is 1.47. The Bertz CT molecular complexity index is 555. The number of hydrogen-bond donors (Lipinski definition) is 2. The lowest BCUT2D eigenvalue weighted by molar-refractivity contribution is -0.137. The minimum atomic E-state index is -4.44. The average molecular weight is 268 g/mol. The maximum Gasteiger partial charge on any atom is 0.417 e. The number of aromatic nitrogens is 2. The molecule has 2 rings (SSSR count). The molecular weight excluding hydrogens is 257 g/mol. The second-order valence-corrected chi connectivity index (χ2v) is 3.87. The van der Waals surface area contributed by atoms with E-state index in [4.69, 9.17) is 5.73 Å². The molecule has 7 heteroatoms. The number of nitrogens with one attached hydrogen (secondary N) is 1. The Kier molecular flexibility index (Phi) is 3.55. The number of alkyl halides is 3. The van der Waals surface area contributed by atoms with Crippen LogP contribution in [0.3, 0.4) is 0 Å². The van der Waals surface area contributed by atoms with Crippen LogP contribution in [0.4, 0.5) is 24.7 Å². The third kappa shape index (κ3) is 3.34. The van der Waals surface area contributed by atoms with Gasteiger partial charge in [-0.3, -0.25) is 4.98 Å². The lowest BCUT2D eigenvalue weighted by Gasteiger charge is -2.11. The van der Waals surface area contributed by atoms with Crippen LogP contribution in [0, 0.1) is 0 Å². The number of pyridine rings is 2. The molecule has 0 aliphatic carbocycles. The van der Waals surface area contributed by atoms with Gasteiger partial charge in [-0.15, -0.1) is 0 Å². The Morgan fingerprint density at radius 2 is 2.05 bits per heavy atom. The average Bonchev–Trinajstić information content (AvgIpc) is 2.37. The summed E-state index contributed by atoms with van der Waals surface area (Å²) in [5.74, 6) is 0.219. The Morgan fingerprint density at radius 3 is 2.63 bits per heavy atom. The fourth-order valence-corrected chi connectivity index (χ4v) is 1.47. The van der Waals surface area contributed by atoms with E-state index in [1.807, 2.05) is 6.07 Å². The molecule has 2 aromatic rings. The van der Waals surface area contributed by atoms with Gasteiger partial charge in [-0.1, -0.05) is 6.07 Å². The van der Waals surface area contributed by atoms with Crippen LogP contribution >= 0.6 is 0 Å². The molecule has 0 aromatic carbocycles. The predicted octanol–water partition coefficient (Wildman–Crippen LogP) is 2.69. The maximum atomic E-state index is 12.4. The highest BCUT2D eigenvalue weighted by Gasteiger charge is 2.31. The zero-order chi connectivity index (χ0) is 13.9. The van der Waals surface area contributed by atoms with E-state index < -0.39 is 11.7 Å². The Labute approximate surface area is 107 Å². The molecule has 0 saturated heterocycles. The van der Waals surface area contributed by atoms with Crippen molar-refractivity contribution in [3.63, 3.8) is 0 Å². The highest BCUT2D eigenvalue weighted by Crippen LogP contribution is 2.31. The summed E-state index contributed by atoms with van der Waals surface area (Å²) in [5, 5.41) is 2.86. The maximum absolute atomic E-state index is 12.4. The second kappa shape index (κ2) is 5.13. The third-order valence-corrected chi connectivity index (χ3v) is 2.43. The van der Waals surface area contributed by atoms with Crippen molar-refractivity contribution in [2.24, 2.45) is 0 Å². The predicted molar refractivity (Wildman–Crippen MR) is 65.2 cm³/mol. The molecule has 0 spiro atoms. The van der Waals surface area contributed by atoms with Crippen molar-refractivity contribution in [3.8, 4) is 0 Å². The molecule has 0 aliphatic heterocycles. The number of halogens is 3. The lowest BCUT2D eigenvalue weighted by atomic mass is 10.2. The van der Waals surface area contributed by atoms with Crippen LogP contribution in [0.25, 0.3) is 0 Å². The first-order chi connectivity index (χ1) is 8.97. The second-order valence-electron chi connectivity index (χ2n) is 3.87. The molecule has 2 heterocycles. The summed E-state index contributed by atoms with van der Waals surface area (Å²) < 4.78 is 37.3. The molecule has 0 aliphatic rings. The van der Waals surface area contributed by atoms with E-state index >= 15 is 0 Å². The topological polar surface area (TPSA) is 63.8 Å². The van der Waals surface area contributed by atoms with Crippen LogP contribution in [-0.2, 0) is 12.7 Å². The number of nitrogens with zero attached hydrogens (tertiary/aromatic N) is 2. The number of hydrogen-bond acceptors (Lipinski definition) is 4. The molecule has 0 unspecified atom stereocenters. The van der Waals surface area contributed by atoms with Gasteiger partial charge in [0.25, 0.3) is 0 Å². The first kappa shape index (κ1) is 13.1. The van der Waals surface area contributed by atoms with Gasteiger partial charge in [0.05, 0.1) is 11.3 Å². The minimum absolute atomic E-state index is 0.0429. The molecule has 3 N–H and O–H groups in total. The SMILES string of the molecule is Nc1cc(C(F)(F)F)cnc1NCc1cccnc1. The Hall–Kier alpha value is -2.31. The van der Waals surface area contributed by atoms with Gasteiger partial charge in [-0.05, 0) is 17.7 Å². The van der Waals surface area contributed by atoms with Crippen molar-refractivity contribution in [2.75, 3.05) is 11.1 Å². The zero-order valence-electron chi connectivity index (χ0n) is 9.78. The molecule has 2 aromatic heterocycles. The van der Waals surface area contributed by atoms with E-state index in [-0.39, 0.29) is 11.5 Å². The molecular formula is C12H11F3N4. The number of nitrogen functional groups attached to an aromatic ring is 1. The summed E-state index contributed by atoms with van der Waals surface area (Å²) in [4.78, 5) is 7.61. The van der Waals surface area contributed by atoms with E-state index in [0.717, 1.165) is 17.8 Å². The van der Waals surface area contributed by atoms with Crippen molar-refractivity contribution in [3.05, 3.63) is 47.9 Å². The largest absolute Gasteiger partial charge is 0.417 e. The highest BCUT2D eigenvalue weighted by molar-refractivity contribution is 5.62. The van der Waals surface area contributed by atoms with E-state index in [0.29, 0.717) is 6.54 Å². The van der Waals surface area contributed by atoms with E-state index in [9.17, 15) is 13.2 Å². The number of nitrogens with two attached hydrogens (primary N) is 1. The summed E-state index contributed by atoms with van der Waals surface area (Å²) in [6.07, 6.45) is -0.410. The summed E-state index contributed by atoms with van der Waals surface area (Å²) in [6.45, 7) is 0.385. The smallest absolute Gasteiger partial charge is 0.396 e. The molecule has 100 valence electrons. The molecule has 0 radical (unpaired) electrons. The van der Waals surface area contributed by atoms with Gasteiger partial charge in [0.1, 0.15) is 5.82 Å². The summed E-state index contributed by atoms with van der Waals surface area (Å²) >= 11 is 0. The minimum Gasteiger partial charge on any atom is -0.396 e. The van der Waals surface area contributed by atoms with Crippen LogP contribution in [-0.4, -0.2) is 9.97 Å². The monoisotopic (exact) mass is 268 g/mol. The molecule has 0 amide bonds. The first-order valence-electron chi connectivity index (χ1n) is 5.42. The van der Waals surface area contributed by atoms with Crippen LogP contribution < -0.4 is 11.1 Å². The van der Waals surface area contributed by atoms with E-state index in [2.05, 4.69) is 15.3 Å². The molecule has 0 atom stereocenters. The van der Waals surface area contributed by atoms with Crippen LogP contribution in [0.2, 0.25) is 0 Å². The zero-order valence-corrected chi connectivity index (χ0v) is 9.78. The van der Waals surface area contributed by atoms with Crippen LogP contribution in [0.5, 0.6) is 0 Å². The van der Waals surface area contributed by atoms with E-state index in [1.165, 1.54) is 0 Å². The van der Waals surface area contributed by atoms with Crippen molar-refractivity contribution < 1.29 is 13.2 Å². The quantitative estimate of drug-likeness (QED) is 0.898. The normalized spacial score (nSPS) is 11.3. The first-order valence-corrected chi connectivity index (χ1v) is 5.42. The summed E-state index contributed by atoms with van der Waals surface area (Å²) in [5.41, 5.74) is 5.51. The van der Waals surface area contributed by atoms with Crippen molar-refractivity contribution in [1.29, 1.82) is 0 Å². The lowest BCUT2D eigenvalue weighted by Crippen LogP contribution is -2.10. The molecule has 0 saturated carbocycles. The summed E-state index contributed by atoms with van der Waals surface area (Å²) in [7, 11) is 0. The van der Waals surface area contributed by atoms with E-state index in [1.54, 1.807) is 18.5 Å². The Morgan fingerprint density at radius 1 is 1.26 bits per heavy atom. The van der Waals surface area contributed by atoms with Gasteiger partial charge in [-0.25, -0.2) is 4.98 Å². The molecule has 0 bridgehead atoms. The van der Waals surface area contributed by atoms with Gasteiger partial charge in [0.2, 0.25) is 0 Å². The number of anilines is 2. The molecule has 19 heavy (non-hydrogen) atoms. The molecule has 4 nitrogen and oxygen atoms in total. The summed E-state index contributed by atoms with van der Waals surface area (Å²) in [6, 6.07) is 4.46. The van der Waals surface area contributed by atoms with Crippen LogP contribution in [0.1, 0.15) is 11.1 Å². The van der Waals surface area contributed by atoms with Gasteiger partial charge in [0.15, 0.2) is 0 Å². The highest BCUT2D eigenvalue weighted by atomic mass is 19.4. The van der Waals surface area contributed by atoms with Gasteiger partial charge < -0.3 is 11.1 Å². The number of rotatable bonds is 3. The van der Waals surface area contributed by atoms with Crippen molar-refractivity contribution >= 4 is 11.5 Å². The van der Waals surface area contributed by atoms with Gasteiger partial charge >= 0.3 is 6.18 Å². The van der Waals surface area contributed by atoms with Gasteiger partial charge in [-0.2, -0.15) is 13.2 Å². The van der Waals surface area contributed by atoms with Crippen molar-refractivity contribution in [1.82, 2.24) is 9.97 Å². The third-order valence-electron chi connectivity index (χ3n) is 2.43. The standard InChI is InChI=1S/C12H11F3N4/c13-12(14,15)9-4-10(16)11(19-7-9)18-6-8-2-1-3-17-5-8/h1-5,7H,6,16H2,(H,18,19).